The molecule has 5 heteroatoms. The molecule has 3 nitrogen and oxygen atoms in total. The first-order chi connectivity index (χ1) is 8.45. The highest BCUT2D eigenvalue weighted by Crippen LogP contribution is 2.22. The average Bonchev–Trinajstić information content (AvgIpc) is 2.27. The van der Waals surface area contributed by atoms with Gasteiger partial charge in [0.25, 0.3) is 0 Å². The van der Waals surface area contributed by atoms with Gasteiger partial charge in [0.05, 0.1) is 6.07 Å². The zero-order valence-electron chi connectivity index (χ0n) is 10.2. The second kappa shape index (κ2) is 6.36. The van der Waals surface area contributed by atoms with Crippen LogP contribution in [0.5, 0.6) is 0 Å². The molecule has 0 spiro atoms. The van der Waals surface area contributed by atoms with Crippen LogP contribution in [0.15, 0.2) is 18.2 Å². The molecule has 1 atom stereocenters. The first-order valence-corrected chi connectivity index (χ1v) is 5.96. The number of nitriles is 1. The van der Waals surface area contributed by atoms with Gasteiger partial charge in [-0.05, 0) is 26.0 Å². The Bertz CT molecular complexity index is 462. The minimum Gasteiger partial charge on any atom is -0.353 e. The third-order valence-electron chi connectivity index (χ3n) is 2.37. The molecule has 1 unspecified atom stereocenters. The molecular weight excluding hydrogens is 255 g/mol. The number of halogens is 2. The molecule has 1 N–H and O–H groups in total. The van der Waals surface area contributed by atoms with Crippen LogP contribution in [0.1, 0.15) is 19.4 Å². The highest BCUT2D eigenvalue weighted by atomic mass is 35.5. The number of amides is 1. The fraction of sp³-hybridized carbons (Fsp3) is 0.385. The molecule has 0 aliphatic carbocycles. The van der Waals surface area contributed by atoms with Gasteiger partial charge in [0.1, 0.15) is 11.7 Å². The fourth-order valence-electron chi connectivity index (χ4n) is 1.51. The number of nitrogens with one attached hydrogen (secondary N) is 1. The highest BCUT2D eigenvalue weighted by Gasteiger charge is 2.21. The number of benzene rings is 1. The van der Waals surface area contributed by atoms with Crippen molar-refractivity contribution in [1.82, 2.24) is 5.32 Å². The van der Waals surface area contributed by atoms with E-state index in [4.69, 9.17) is 16.9 Å². The Hall–Kier alpha value is -1.60. The Morgan fingerprint density at radius 1 is 1.56 bits per heavy atom. The Balaban J connectivity index is 2.87. The summed E-state index contributed by atoms with van der Waals surface area (Å²) in [6.45, 7) is 3.59. The lowest BCUT2D eigenvalue weighted by Crippen LogP contribution is -2.36. The van der Waals surface area contributed by atoms with Crippen LogP contribution in [0.3, 0.4) is 0 Å². The van der Waals surface area contributed by atoms with Gasteiger partial charge in [0.15, 0.2) is 0 Å². The van der Waals surface area contributed by atoms with Crippen molar-refractivity contribution in [2.24, 2.45) is 5.92 Å². The maximum atomic E-state index is 13.5. The van der Waals surface area contributed by atoms with Crippen LogP contribution in [-0.2, 0) is 11.2 Å². The van der Waals surface area contributed by atoms with Gasteiger partial charge in [0, 0.05) is 23.0 Å². The van der Waals surface area contributed by atoms with Gasteiger partial charge in [-0.25, -0.2) is 4.39 Å². The largest absolute Gasteiger partial charge is 0.353 e. The Kier molecular flexibility index (Phi) is 5.11. The van der Waals surface area contributed by atoms with Gasteiger partial charge in [-0.15, -0.1) is 0 Å². The van der Waals surface area contributed by atoms with E-state index in [0.29, 0.717) is 0 Å². The van der Waals surface area contributed by atoms with Crippen LogP contribution < -0.4 is 5.32 Å². The summed E-state index contributed by atoms with van der Waals surface area (Å²) >= 11 is 5.86. The molecule has 1 aromatic rings. The third-order valence-corrected chi connectivity index (χ3v) is 2.73. The third kappa shape index (κ3) is 3.71. The Morgan fingerprint density at radius 2 is 2.22 bits per heavy atom. The maximum absolute atomic E-state index is 13.5. The standard InChI is InChI=1S/C13H14ClFN2O/c1-8(2)17-13(18)9(7-16)6-10-11(14)4-3-5-12(10)15/h3-5,8-9H,6H2,1-2H3,(H,17,18). The summed E-state index contributed by atoms with van der Waals surface area (Å²) in [4.78, 5) is 11.7. The summed E-state index contributed by atoms with van der Waals surface area (Å²) < 4.78 is 13.5. The monoisotopic (exact) mass is 268 g/mol. The lowest BCUT2D eigenvalue weighted by atomic mass is 9.99. The molecule has 1 rings (SSSR count). The molecule has 1 amide bonds. The van der Waals surface area contributed by atoms with Gasteiger partial charge in [0.2, 0.25) is 5.91 Å². The SMILES string of the molecule is CC(C)NC(=O)C(C#N)Cc1c(F)cccc1Cl. The zero-order valence-corrected chi connectivity index (χ0v) is 11.0. The van der Waals surface area contributed by atoms with Crippen LogP contribution in [0, 0.1) is 23.1 Å². The predicted octanol–water partition coefficient (Wildman–Crippen LogP) is 2.69. The summed E-state index contributed by atoms with van der Waals surface area (Å²) in [7, 11) is 0. The molecule has 0 saturated carbocycles. The summed E-state index contributed by atoms with van der Waals surface area (Å²) in [5, 5.41) is 11.8. The summed E-state index contributed by atoms with van der Waals surface area (Å²) in [5.74, 6) is -1.85. The molecule has 0 aromatic heterocycles. The van der Waals surface area contributed by atoms with Crippen LogP contribution >= 0.6 is 11.6 Å². The molecule has 0 aliphatic rings. The zero-order chi connectivity index (χ0) is 13.7. The second-order valence-corrected chi connectivity index (χ2v) is 4.66. The Morgan fingerprint density at radius 3 is 2.72 bits per heavy atom. The normalized spacial score (nSPS) is 12.0. The van der Waals surface area contributed by atoms with Crippen molar-refractivity contribution >= 4 is 17.5 Å². The molecule has 18 heavy (non-hydrogen) atoms. The number of hydrogen-bond acceptors (Lipinski definition) is 2. The molecule has 1 aromatic carbocycles. The lowest BCUT2D eigenvalue weighted by molar-refractivity contribution is -0.123. The molecule has 0 radical (unpaired) electrons. The van der Waals surface area contributed by atoms with Crippen molar-refractivity contribution in [3.05, 3.63) is 34.6 Å². The van der Waals surface area contributed by atoms with E-state index in [1.807, 2.05) is 6.07 Å². The Labute approximate surface area is 111 Å². The van der Waals surface area contributed by atoms with E-state index in [1.165, 1.54) is 18.2 Å². The van der Waals surface area contributed by atoms with E-state index in [0.717, 1.165) is 0 Å². The average molecular weight is 269 g/mol. The van der Waals surface area contributed by atoms with Crippen molar-refractivity contribution in [1.29, 1.82) is 5.26 Å². The van der Waals surface area contributed by atoms with E-state index in [9.17, 15) is 9.18 Å². The van der Waals surface area contributed by atoms with Gasteiger partial charge in [-0.2, -0.15) is 5.26 Å². The molecular formula is C13H14ClFN2O. The van der Waals surface area contributed by atoms with Crippen molar-refractivity contribution in [3.8, 4) is 6.07 Å². The number of rotatable bonds is 4. The van der Waals surface area contributed by atoms with Gasteiger partial charge in [-0.3, -0.25) is 4.79 Å². The number of carbonyl (C=O) groups is 1. The van der Waals surface area contributed by atoms with E-state index in [1.54, 1.807) is 13.8 Å². The minimum absolute atomic E-state index is 0.0272. The second-order valence-electron chi connectivity index (χ2n) is 4.25. The van der Waals surface area contributed by atoms with Gasteiger partial charge >= 0.3 is 0 Å². The quantitative estimate of drug-likeness (QED) is 0.913. The number of nitrogens with zero attached hydrogens (tertiary/aromatic N) is 1. The first kappa shape index (κ1) is 14.5. The summed E-state index contributed by atoms with van der Waals surface area (Å²) in [6, 6.07) is 6.09. The predicted molar refractivity (Wildman–Crippen MR) is 67.5 cm³/mol. The molecule has 0 fully saturated rings. The van der Waals surface area contributed by atoms with Crippen LogP contribution in [0.25, 0.3) is 0 Å². The maximum Gasteiger partial charge on any atom is 0.237 e. The van der Waals surface area contributed by atoms with Crippen LogP contribution in [0.4, 0.5) is 4.39 Å². The van der Waals surface area contributed by atoms with Crippen molar-refractivity contribution in [3.63, 3.8) is 0 Å². The van der Waals surface area contributed by atoms with Crippen molar-refractivity contribution in [2.45, 2.75) is 26.3 Å². The topological polar surface area (TPSA) is 52.9 Å². The van der Waals surface area contributed by atoms with Crippen molar-refractivity contribution in [2.75, 3.05) is 0 Å². The van der Waals surface area contributed by atoms with E-state index in [-0.39, 0.29) is 23.0 Å². The molecule has 96 valence electrons. The number of carbonyl (C=O) groups excluding carboxylic acids is 1. The lowest BCUT2D eigenvalue weighted by Gasteiger charge is -2.13. The van der Waals surface area contributed by atoms with E-state index >= 15 is 0 Å². The van der Waals surface area contributed by atoms with Gasteiger partial charge < -0.3 is 5.32 Å². The number of hydrogen-bond donors (Lipinski definition) is 1. The summed E-state index contributed by atoms with van der Waals surface area (Å²) in [5.41, 5.74) is 0.199. The van der Waals surface area contributed by atoms with E-state index in [2.05, 4.69) is 5.32 Å². The fourth-order valence-corrected chi connectivity index (χ4v) is 1.75. The van der Waals surface area contributed by atoms with Gasteiger partial charge in [-0.1, -0.05) is 17.7 Å². The van der Waals surface area contributed by atoms with Crippen LogP contribution in [-0.4, -0.2) is 11.9 Å². The smallest absolute Gasteiger partial charge is 0.237 e. The highest BCUT2D eigenvalue weighted by molar-refractivity contribution is 6.31. The molecule has 0 heterocycles. The van der Waals surface area contributed by atoms with Crippen molar-refractivity contribution < 1.29 is 9.18 Å². The molecule has 0 bridgehead atoms. The van der Waals surface area contributed by atoms with Crippen LogP contribution in [0.2, 0.25) is 5.02 Å². The first-order valence-electron chi connectivity index (χ1n) is 5.58. The molecule has 0 saturated heterocycles. The van der Waals surface area contributed by atoms with E-state index < -0.39 is 17.6 Å². The summed E-state index contributed by atoms with van der Waals surface area (Å²) in [6.07, 6.45) is -0.0272. The minimum atomic E-state index is -0.943. The molecule has 0 aliphatic heterocycles.